The standard InChI is InChI=1S/C9H11NO/c10-7-3-5-8-4-1-2-6-9(8)11/h1-4,6-7,11H,5,10H2. The lowest BCUT2D eigenvalue weighted by molar-refractivity contribution is 0.469. The van der Waals surface area contributed by atoms with Crippen LogP contribution in [0.4, 0.5) is 0 Å². The molecule has 0 atom stereocenters. The predicted octanol–water partition coefficient (Wildman–Crippen LogP) is 1.41. The molecule has 0 spiro atoms. The number of allylic oxidation sites excluding steroid dienone is 1. The minimum absolute atomic E-state index is 0.325. The number of benzene rings is 1. The van der Waals surface area contributed by atoms with Crippen LogP contribution in [-0.4, -0.2) is 5.11 Å². The molecule has 0 aliphatic carbocycles. The van der Waals surface area contributed by atoms with E-state index in [4.69, 9.17) is 5.73 Å². The zero-order valence-electron chi connectivity index (χ0n) is 6.20. The van der Waals surface area contributed by atoms with Crippen molar-refractivity contribution in [3.05, 3.63) is 42.1 Å². The number of para-hydroxylation sites is 1. The zero-order valence-corrected chi connectivity index (χ0v) is 6.20. The summed E-state index contributed by atoms with van der Waals surface area (Å²) in [5, 5.41) is 9.26. The van der Waals surface area contributed by atoms with Crippen LogP contribution >= 0.6 is 0 Å². The maximum Gasteiger partial charge on any atom is 0.119 e. The maximum atomic E-state index is 9.26. The van der Waals surface area contributed by atoms with Gasteiger partial charge in [0.25, 0.3) is 0 Å². The average molecular weight is 149 g/mol. The molecule has 0 fully saturated rings. The molecular weight excluding hydrogens is 138 g/mol. The molecule has 0 aliphatic heterocycles. The zero-order chi connectivity index (χ0) is 8.10. The van der Waals surface area contributed by atoms with Gasteiger partial charge in [-0.3, -0.25) is 0 Å². The van der Waals surface area contributed by atoms with E-state index >= 15 is 0 Å². The number of hydrogen-bond donors (Lipinski definition) is 2. The molecule has 0 saturated heterocycles. The number of phenols is 1. The topological polar surface area (TPSA) is 46.2 Å². The van der Waals surface area contributed by atoms with Crippen molar-refractivity contribution in [3.8, 4) is 5.75 Å². The second kappa shape index (κ2) is 3.66. The average Bonchev–Trinajstić information content (AvgIpc) is 2.03. The van der Waals surface area contributed by atoms with Crippen LogP contribution in [0, 0.1) is 0 Å². The first kappa shape index (κ1) is 7.66. The molecule has 2 heteroatoms. The second-order valence-electron chi connectivity index (χ2n) is 2.26. The van der Waals surface area contributed by atoms with Gasteiger partial charge in [0.15, 0.2) is 0 Å². The van der Waals surface area contributed by atoms with E-state index in [0.29, 0.717) is 12.2 Å². The Hall–Kier alpha value is -1.44. The van der Waals surface area contributed by atoms with Gasteiger partial charge in [0, 0.05) is 0 Å². The van der Waals surface area contributed by atoms with Crippen LogP contribution in [0.1, 0.15) is 5.56 Å². The van der Waals surface area contributed by atoms with E-state index in [2.05, 4.69) is 0 Å². The summed E-state index contributed by atoms with van der Waals surface area (Å²) >= 11 is 0. The van der Waals surface area contributed by atoms with Crippen molar-refractivity contribution >= 4 is 0 Å². The third kappa shape index (κ3) is 2.00. The molecule has 58 valence electrons. The molecule has 1 rings (SSSR count). The molecule has 0 aliphatic rings. The summed E-state index contributed by atoms with van der Waals surface area (Å²) in [7, 11) is 0. The Bertz CT molecular complexity index is 255. The fourth-order valence-electron chi connectivity index (χ4n) is 0.878. The van der Waals surface area contributed by atoms with E-state index < -0.39 is 0 Å². The Morgan fingerprint density at radius 3 is 2.73 bits per heavy atom. The van der Waals surface area contributed by atoms with Gasteiger partial charge in [-0.15, -0.1) is 0 Å². The Labute approximate surface area is 66.0 Å². The molecule has 0 saturated carbocycles. The smallest absolute Gasteiger partial charge is 0.119 e. The third-order valence-corrected chi connectivity index (χ3v) is 1.47. The molecule has 0 aromatic heterocycles. The van der Waals surface area contributed by atoms with Crippen LogP contribution < -0.4 is 5.73 Å². The second-order valence-corrected chi connectivity index (χ2v) is 2.26. The van der Waals surface area contributed by atoms with Gasteiger partial charge < -0.3 is 10.8 Å². The molecule has 0 heterocycles. The lowest BCUT2D eigenvalue weighted by Gasteiger charge is -1.98. The van der Waals surface area contributed by atoms with Crippen molar-refractivity contribution in [2.75, 3.05) is 0 Å². The van der Waals surface area contributed by atoms with Gasteiger partial charge in [-0.25, -0.2) is 0 Å². The summed E-state index contributed by atoms with van der Waals surface area (Å²) in [6, 6.07) is 7.22. The normalized spacial score (nSPS) is 10.5. The lowest BCUT2D eigenvalue weighted by Crippen LogP contribution is -1.83. The van der Waals surface area contributed by atoms with Crippen molar-refractivity contribution in [1.29, 1.82) is 0 Å². The molecule has 2 nitrogen and oxygen atoms in total. The number of rotatable bonds is 2. The summed E-state index contributed by atoms with van der Waals surface area (Å²) in [5.74, 6) is 0.325. The Morgan fingerprint density at radius 2 is 2.09 bits per heavy atom. The Kier molecular flexibility index (Phi) is 2.55. The molecule has 1 aromatic rings. The van der Waals surface area contributed by atoms with Crippen LogP contribution in [0.3, 0.4) is 0 Å². The van der Waals surface area contributed by atoms with Crippen LogP contribution in [0.15, 0.2) is 36.5 Å². The van der Waals surface area contributed by atoms with Gasteiger partial charge in [-0.2, -0.15) is 0 Å². The monoisotopic (exact) mass is 149 g/mol. The number of hydrogen-bond acceptors (Lipinski definition) is 2. The van der Waals surface area contributed by atoms with E-state index in [-0.39, 0.29) is 0 Å². The SMILES string of the molecule is NC=CCc1ccccc1O. The van der Waals surface area contributed by atoms with Crippen molar-refractivity contribution < 1.29 is 5.11 Å². The van der Waals surface area contributed by atoms with E-state index in [1.165, 1.54) is 6.20 Å². The predicted molar refractivity (Wildman–Crippen MR) is 45.1 cm³/mol. The van der Waals surface area contributed by atoms with Gasteiger partial charge in [0.05, 0.1) is 0 Å². The highest BCUT2D eigenvalue weighted by Crippen LogP contribution is 2.15. The quantitative estimate of drug-likeness (QED) is 0.667. The van der Waals surface area contributed by atoms with E-state index in [1.54, 1.807) is 18.2 Å². The summed E-state index contributed by atoms with van der Waals surface area (Å²) < 4.78 is 0. The lowest BCUT2D eigenvalue weighted by atomic mass is 10.1. The highest BCUT2D eigenvalue weighted by molar-refractivity contribution is 5.33. The van der Waals surface area contributed by atoms with Crippen molar-refractivity contribution in [2.45, 2.75) is 6.42 Å². The van der Waals surface area contributed by atoms with Gasteiger partial charge >= 0.3 is 0 Å². The Morgan fingerprint density at radius 1 is 1.36 bits per heavy atom. The number of aromatic hydroxyl groups is 1. The van der Waals surface area contributed by atoms with E-state index in [0.717, 1.165) is 5.56 Å². The first-order valence-corrected chi connectivity index (χ1v) is 3.48. The fraction of sp³-hybridized carbons (Fsp3) is 0.111. The van der Waals surface area contributed by atoms with E-state index in [9.17, 15) is 5.11 Å². The molecule has 11 heavy (non-hydrogen) atoms. The van der Waals surface area contributed by atoms with Crippen molar-refractivity contribution in [1.82, 2.24) is 0 Å². The van der Waals surface area contributed by atoms with Gasteiger partial charge in [-0.05, 0) is 24.3 Å². The molecule has 0 radical (unpaired) electrons. The van der Waals surface area contributed by atoms with Crippen LogP contribution in [0.2, 0.25) is 0 Å². The fourth-order valence-corrected chi connectivity index (χ4v) is 0.878. The summed E-state index contributed by atoms with van der Waals surface area (Å²) in [6.07, 6.45) is 3.96. The Balaban J connectivity index is 2.77. The van der Waals surface area contributed by atoms with Gasteiger partial charge in [0.1, 0.15) is 5.75 Å². The molecule has 0 amide bonds. The van der Waals surface area contributed by atoms with Gasteiger partial charge in [-0.1, -0.05) is 24.3 Å². The molecule has 1 aromatic carbocycles. The molecule has 0 unspecified atom stereocenters. The van der Waals surface area contributed by atoms with Crippen molar-refractivity contribution in [3.63, 3.8) is 0 Å². The van der Waals surface area contributed by atoms with Crippen LogP contribution in [0.5, 0.6) is 5.75 Å². The summed E-state index contributed by atoms with van der Waals surface area (Å²) in [5.41, 5.74) is 6.06. The first-order valence-electron chi connectivity index (χ1n) is 3.48. The van der Waals surface area contributed by atoms with Crippen molar-refractivity contribution in [2.24, 2.45) is 5.73 Å². The largest absolute Gasteiger partial charge is 0.508 e. The molecular formula is C9H11NO. The maximum absolute atomic E-state index is 9.26. The van der Waals surface area contributed by atoms with Crippen LogP contribution in [0.25, 0.3) is 0 Å². The summed E-state index contributed by atoms with van der Waals surface area (Å²) in [4.78, 5) is 0. The van der Waals surface area contributed by atoms with E-state index in [1.807, 2.05) is 12.1 Å². The number of nitrogens with two attached hydrogens (primary N) is 1. The van der Waals surface area contributed by atoms with Gasteiger partial charge in [0.2, 0.25) is 0 Å². The summed E-state index contributed by atoms with van der Waals surface area (Å²) in [6.45, 7) is 0. The molecule has 3 N–H and O–H groups in total. The third-order valence-electron chi connectivity index (χ3n) is 1.47. The number of phenolic OH excluding ortho intramolecular Hbond substituents is 1. The molecule has 0 bridgehead atoms. The minimum Gasteiger partial charge on any atom is -0.508 e. The highest BCUT2D eigenvalue weighted by atomic mass is 16.3. The minimum atomic E-state index is 0.325. The highest BCUT2D eigenvalue weighted by Gasteiger charge is 1.94. The first-order chi connectivity index (χ1) is 5.34. The van der Waals surface area contributed by atoms with Crippen LogP contribution in [-0.2, 0) is 6.42 Å².